The Labute approximate surface area is 159 Å². The van der Waals surface area contributed by atoms with Gasteiger partial charge < -0.3 is 15.2 Å². The van der Waals surface area contributed by atoms with Crippen LogP contribution in [0.5, 0.6) is 5.75 Å². The van der Waals surface area contributed by atoms with Gasteiger partial charge in [0.25, 0.3) is 5.91 Å². The van der Waals surface area contributed by atoms with Gasteiger partial charge in [0.05, 0.1) is 6.61 Å². The monoisotopic (exact) mass is 376 g/mol. The highest BCUT2D eigenvalue weighted by Gasteiger charge is 2.28. The molecule has 1 aliphatic rings. The van der Waals surface area contributed by atoms with Gasteiger partial charge in [-0.2, -0.15) is 0 Å². The van der Waals surface area contributed by atoms with Crippen molar-refractivity contribution in [3.8, 4) is 5.75 Å². The quantitative estimate of drug-likeness (QED) is 0.216. The van der Waals surface area contributed by atoms with Crippen molar-refractivity contribution < 1.29 is 24.6 Å². The van der Waals surface area contributed by atoms with Crippen LogP contribution in [0.15, 0.2) is 30.3 Å². The molecule has 7 heteroatoms. The van der Waals surface area contributed by atoms with Crippen LogP contribution in [0.4, 0.5) is 0 Å². The van der Waals surface area contributed by atoms with Gasteiger partial charge >= 0.3 is 5.97 Å². The molecule has 4 N–H and O–H groups in total. The first-order valence-corrected chi connectivity index (χ1v) is 9.41. The van der Waals surface area contributed by atoms with Crippen molar-refractivity contribution in [1.29, 1.82) is 0 Å². The van der Waals surface area contributed by atoms with Gasteiger partial charge in [-0.3, -0.25) is 14.8 Å². The molecular weight excluding hydrogens is 348 g/mol. The summed E-state index contributed by atoms with van der Waals surface area (Å²) in [5, 5.41) is 21.0. The standard InChI is InChI=1S/C20H28N2O5/c23-18(22-26)12-9-15-7-10-17(11-8-15)27-14-4-13-21-19(20(24)25)16-5-2-1-3-6-16/h7-12,16,19,21,26H,1-6,13-14H2,(H,22,23)(H,24,25)/t19-/m0/s1. The summed E-state index contributed by atoms with van der Waals surface area (Å²) in [4.78, 5) is 22.4. The Balaban J connectivity index is 1.69. The van der Waals surface area contributed by atoms with Crippen molar-refractivity contribution in [1.82, 2.24) is 10.8 Å². The number of carbonyl (C=O) groups is 2. The van der Waals surface area contributed by atoms with Crippen molar-refractivity contribution in [3.05, 3.63) is 35.9 Å². The molecule has 0 aromatic heterocycles. The fourth-order valence-electron chi connectivity index (χ4n) is 3.33. The number of rotatable bonds is 10. The highest BCUT2D eigenvalue weighted by atomic mass is 16.5. The molecule has 2 rings (SSSR count). The van der Waals surface area contributed by atoms with E-state index < -0.39 is 17.9 Å². The number of ether oxygens (including phenoxy) is 1. The number of hydrogen-bond acceptors (Lipinski definition) is 5. The molecule has 1 amide bonds. The maximum absolute atomic E-state index is 11.5. The average Bonchev–Trinajstić information content (AvgIpc) is 2.70. The van der Waals surface area contributed by atoms with Gasteiger partial charge in [0, 0.05) is 6.08 Å². The minimum Gasteiger partial charge on any atom is -0.494 e. The van der Waals surface area contributed by atoms with Gasteiger partial charge in [-0.25, -0.2) is 5.48 Å². The first kappa shape index (κ1) is 20.9. The second kappa shape index (κ2) is 11.4. The lowest BCUT2D eigenvalue weighted by atomic mass is 9.84. The summed E-state index contributed by atoms with van der Waals surface area (Å²) >= 11 is 0. The second-order valence-corrected chi connectivity index (χ2v) is 6.75. The number of nitrogens with one attached hydrogen (secondary N) is 2. The number of aliphatic carboxylic acids is 1. The van der Waals surface area contributed by atoms with Crippen molar-refractivity contribution in [2.45, 2.75) is 44.6 Å². The molecule has 0 heterocycles. The largest absolute Gasteiger partial charge is 0.494 e. The van der Waals surface area contributed by atoms with Crippen LogP contribution in [-0.2, 0) is 9.59 Å². The van der Waals surface area contributed by atoms with Crippen LogP contribution in [0.2, 0.25) is 0 Å². The van der Waals surface area contributed by atoms with Crippen LogP contribution in [0.1, 0.15) is 44.1 Å². The molecule has 1 atom stereocenters. The summed E-state index contributed by atoms with van der Waals surface area (Å²) in [5.74, 6) is -0.413. The molecule has 1 saturated carbocycles. The Kier molecular flexibility index (Phi) is 8.80. The van der Waals surface area contributed by atoms with Crippen molar-refractivity contribution in [2.75, 3.05) is 13.2 Å². The smallest absolute Gasteiger partial charge is 0.320 e. The van der Waals surface area contributed by atoms with Gasteiger partial charge in [0.2, 0.25) is 0 Å². The predicted molar refractivity (Wildman–Crippen MR) is 102 cm³/mol. The fourth-order valence-corrected chi connectivity index (χ4v) is 3.33. The Morgan fingerprint density at radius 2 is 1.89 bits per heavy atom. The molecule has 0 unspecified atom stereocenters. The summed E-state index contributed by atoms with van der Waals surface area (Å²) in [6, 6.07) is 6.74. The Hall–Kier alpha value is -2.38. The lowest BCUT2D eigenvalue weighted by Crippen LogP contribution is -2.44. The molecule has 0 radical (unpaired) electrons. The van der Waals surface area contributed by atoms with Crippen LogP contribution < -0.4 is 15.5 Å². The molecule has 1 aromatic rings. The molecule has 1 aromatic carbocycles. The maximum atomic E-state index is 11.5. The van der Waals surface area contributed by atoms with E-state index in [0.29, 0.717) is 18.9 Å². The van der Waals surface area contributed by atoms with Crippen LogP contribution in [0.3, 0.4) is 0 Å². The first-order chi connectivity index (χ1) is 13.1. The van der Waals surface area contributed by atoms with Crippen molar-refractivity contribution in [3.63, 3.8) is 0 Å². The van der Waals surface area contributed by atoms with Crippen LogP contribution in [0, 0.1) is 5.92 Å². The Bertz CT molecular complexity index is 624. The van der Waals surface area contributed by atoms with Crippen LogP contribution in [-0.4, -0.2) is 41.4 Å². The van der Waals surface area contributed by atoms with E-state index in [1.807, 2.05) is 0 Å². The maximum Gasteiger partial charge on any atom is 0.320 e. The van der Waals surface area contributed by atoms with E-state index in [1.54, 1.807) is 30.3 Å². The number of benzene rings is 1. The summed E-state index contributed by atoms with van der Waals surface area (Å²) in [6.45, 7) is 1.09. The minimum absolute atomic E-state index is 0.227. The Morgan fingerprint density at radius 1 is 1.19 bits per heavy atom. The lowest BCUT2D eigenvalue weighted by molar-refractivity contribution is -0.141. The third-order valence-corrected chi connectivity index (χ3v) is 4.76. The molecular formula is C20H28N2O5. The minimum atomic E-state index is -0.763. The number of hydrogen-bond donors (Lipinski definition) is 4. The molecule has 148 valence electrons. The van der Waals surface area contributed by atoms with Crippen LogP contribution >= 0.6 is 0 Å². The highest BCUT2D eigenvalue weighted by Crippen LogP contribution is 2.26. The van der Waals surface area contributed by atoms with Gasteiger partial charge in [0.15, 0.2) is 0 Å². The van der Waals surface area contributed by atoms with Crippen molar-refractivity contribution >= 4 is 18.0 Å². The van der Waals surface area contributed by atoms with E-state index in [0.717, 1.165) is 37.7 Å². The van der Waals surface area contributed by atoms with Crippen LogP contribution in [0.25, 0.3) is 6.08 Å². The fraction of sp³-hybridized carbons (Fsp3) is 0.500. The van der Waals surface area contributed by atoms with E-state index in [9.17, 15) is 14.7 Å². The summed E-state index contributed by atoms with van der Waals surface area (Å²) in [6.07, 6.45) is 8.95. The number of carbonyl (C=O) groups excluding carboxylic acids is 1. The molecule has 0 aliphatic heterocycles. The van der Waals surface area contributed by atoms with E-state index in [1.165, 1.54) is 18.0 Å². The predicted octanol–water partition coefficient (Wildman–Crippen LogP) is 2.60. The summed E-state index contributed by atoms with van der Waals surface area (Å²) < 4.78 is 5.66. The average molecular weight is 376 g/mol. The third-order valence-electron chi connectivity index (χ3n) is 4.76. The molecule has 0 bridgehead atoms. The van der Waals surface area contributed by atoms with Gasteiger partial charge in [-0.05, 0) is 55.5 Å². The van der Waals surface area contributed by atoms with E-state index in [-0.39, 0.29) is 5.92 Å². The zero-order valence-electron chi connectivity index (χ0n) is 15.4. The molecule has 27 heavy (non-hydrogen) atoms. The topological polar surface area (TPSA) is 108 Å². The SMILES string of the molecule is O=C(C=Cc1ccc(OCCCN[C@H](C(=O)O)C2CCCCC2)cc1)NO. The number of amides is 1. The zero-order valence-corrected chi connectivity index (χ0v) is 15.4. The number of carboxylic acid groups (broad SMARTS) is 1. The number of hydroxylamine groups is 1. The molecule has 1 fully saturated rings. The highest BCUT2D eigenvalue weighted by molar-refractivity contribution is 5.90. The van der Waals surface area contributed by atoms with E-state index in [2.05, 4.69) is 5.32 Å². The van der Waals surface area contributed by atoms with Gasteiger partial charge in [-0.15, -0.1) is 0 Å². The molecule has 0 saturated heterocycles. The third kappa shape index (κ3) is 7.40. The van der Waals surface area contributed by atoms with E-state index >= 15 is 0 Å². The van der Waals surface area contributed by atoms with E-state index in [4.69, 9.17) is 9.94 Å². The lowest BCUT2D eigenvalue weighted by Gasteiger charge is -2.28. The summed E-state index contributed by atoms with van der Waals surface area (Å²) in [5.41, 5.74) is 2.34. The van der Waals surface area contributed by atoms with Gasteiger partial charge in [0.1, 0.15) is 11.8 Å². The molecule has 0 spiro atoms. The number of carboxylic acids is 1. The zero-order chi connectivity index (χ0) is 19.5. The van der Waals surface area contributed by atoms with Crippen molar-refractivity contribution in [2.24, 2.45) is 5.92 Å². The Morgan fingerprint density at radius 3 is 2.52 bits per heavy atom. The molecule has 7 nitrogen and oxygen atoms in total. The molecule has 1 aliphatic carbocycles. The normalized spacial score (nSPS) is 16.2. The second-order valence-electron chi connectivity index (χ2n) is 6.75. The summed E-state index contributed by atoms with van der Waals surface area (Å²) in [7, 11) is 0. The van der Waals surface area contributed by atoms with Gasteiger partial charge in [-0.1, -0.05) is 31.4 Å². The first-order valence-electron chi connectivity index (χ1n) is 9.41.